The summed E-state index contributed by atoms with van der Waals surface area (Å²) in [7, 11) is 0. The van der Waals surface area contributed by atoms with Crippen LogP contribution in [0.15, 0.2) is 18.2 Å². The van der Waals surface area contributed by atoms with Gasteiger partial charge in [0.2, 0.25) is 0 Å². The first-order valence-corrected chi connectivity index (χ1v) is 6.13. The quantitative estimate of drug-likeness (QED) is 0.784. The molecule has 17 heavy (non-hydrogen) atoms. The molecular formula is C14H18ClNO. The molecule has 0 aliphatic carbocycles. The Morgan fingerprint density at radius 2 is 2.29 bits per heavy atom. The molecule has 0 aliphatic rings. The van der Waals surface area contributed by atoms with E-state index in [1.165, 1.54) is 0 Å². The van der Waals surface area contributed by atoms with E-state index in [9.17, 15) is 0 Å². The molecule has 0 aromatic heterocycles. The molecule has 0 saturated heterocycles. The maximum absolute atomic E-state index is 5.98. The highest BCUT2D eigenvalue weighted by Crippen LogP contribution is 2.23. The van der Waals surface area contributed by atoms with Crippen molar-refractivity contribution in [2.45, 2.75) is 32.9 Å². The molecule has 1 aromatic rings. The Morgan fingerprint density at radius 3 is 2.94 bits per heavy atom. The fourth-order valence-electron chi connectivity index (χ4n) is 1.37. The summed E-state index contributed by atoms with van der Waals surface area (Å²) >= 11 is 5.98. The van der Waals surface area contributed by atoms with Gasteiger partial charge in [-0.05, 0) is 31.5 Å². The van der Waals surface area contributed by atoms with Crippen LogP contribution in [0.4, 0.5) is 0 Å². The van der Waals surface area contributed by atoms with Gasteiger partial charge in [-0.2, -0.15) is 0 Å². The van der Waals surface area contributed by atoms with E-state index in [4.69, 9.17) is 22.8 Å². The predicted octanol–water partition coefficient (Wildman–Crippen LogP) is 3.24. The number of hydrogen-bond donors (Lipinski definition) is 1. The number of benzene rings is 1. The number of ether oxygens (including phenoxy) is 1. The molecule has 0 saturated carbocycles. The van der Waals surface area contributed by atoms with E-state index in [0.717, 1.165) is 24.3 Å². The topological polar surface area (TPSA) is 21.3 Å². The highest BCUT2D eigenvalue weighted by molar-refractivity contribution is 6.30. The SMILES string of the molecule is C#CCOc1ccc(Cl)cc1CN[C@@H](C)CC. The maximum Gasteiger partial charge on any atom is 0.148 e. The van der Waals surface area contributed by atoms with Crippen molar-refractivity contribution in [2.75, 3.05) is 6.61 Å². The number of nitrogens with one attached hydrogen (secondary N) is 1. The van der Waals surface area contributed by atoms with E-state index >= 15 is 0 Å². The Balaban J connectivity index is 2.73. The predicted molar refractivity (Wildman–Crippen MR) is 72.4 cm³/mol. The molecule has 0 amide bonds. The minimum atomic E-state index is 0.276. The zero-order chi connectivity index (χ0) is 12.7. The van der Waals surface area contributed by atoms with Gasteiger partial charge in [-0.25, -0.2) is 0 Å². The lowest BCUT2D eigenvalue weighted by atomic mass is 10.1. The van der Waals surface area contributed by atoms with Crippen LogP contribution in [-0.2, 0) is 6.54 Å². The van der Waals surface area contributed by atoms with Gasteiger partial charge in [0.25, 0.3) is 0 Å². The van der Waals surface area contributed by atoms with Crippen molar-refractivity contribution in [1.82, 2.24) is 5.32 Å². The van der Waals surface area contributed by atoms with E-state index < -0.39 is 0 Å². The first-order valence-electron chi connectivity index (χ1n) is 5.75. The lowest BCUT2D eigenvalue weighted by molar-refractivity contribution is 0.363. The summed E-state index contributed by atoms with van der Waals surface area (Å²) in [5, 5.41) is 4.11. The summed E-state index contributed by atoms with van der Waals surface area (Å²) < 4.78 is 5.47. The van der Waals surface area contributed by atoms with Crippen LogP contribution in [0.1, 0.15) is 25.8 Å². The largest absolute Gasteiger partial charge is 0.481 e. The van der Waals surface area contributed by atoms with E-state index in [-0.39, 0.29) is 6.61 Å². The molecule has 0 bridgehead atoms. The smallest absolute Gasteiger partial charge is 0.148 e. The van der Waals surface area contributed by atoms with Gasteiger partial charge >= 0.3 is 0 Å². The van der Waals surface area contributed by atoms with Crippen molar-refractivity contribution < 1.29 is 4.74 Å². The lowest BCUT2D eigenvalue weighted by Crippen LogP contribution is -2.24. The molecule has 0 aliphatic heterocycles. The molecule has 0 heterocycles. The van der Waals surface area contributed by atoms with Gasteiger partial charge in [-0.3, -0.25) is 0 Å². The normalized spacial score (nSPS) is 11.9. The highest BCUT2D eigenvalue weighted by atomic mass is 35.5. The van der Waals surface area contributed by atoms with Gasteiger partial charge in [0, 0.05) is 23.2 Å². The standard InChI is InChI=1S/C14H18ClNO/c1-4-8-17-14-7-6-13(15)9-12(14)10-16-11(3)5-2/h1,6-7,9,11,16H,5,8,10H2,2-3H3/t11-/m0/s1. The average Bonchev–Trinajstić information content (AvgIpc) is 2.34. The van der Waals surface area contributed by atoms with Gasteiger partial charge in [-0.15, -0.1) is 6.42 Å². The second-order valence-corrected chi connectivity index (χ2v) is 4.37. The third-order valence-electron chi connectivity index (χ3n) is 2.59. The van der Waals surface area contributed by atoms with E-state index in [1.807, 2.05) is 12.1 Å². The van der Waals surface area contributed by atoms with Gasteiger partial charge in [0.05, 0.1) is 0 Å². The molecule has 0 radical (unpaired) electrons. The molecule has 0 fully saturated rings. The zero-order valence-electron chi connectivity index (χ0n) is 10.3. The Labute approximate surface area is 108 Å². The van der Waals surface area contributed by atoms with Crippen LogP contribution in [0.25, 0.3) is 0 Å². The highest BCUT2D eigenvalue weighted by Gasteiger charge is 2.06. The van der Waals surface area contributed by atoms with Crippen LogP contribution in [0.2, 0.25) is 5.02 Å². The van der Waals surface area contributed by atoms with Crippen LogP contribution in [0.3, 0.4) is 0 Å². The second-order valence-electron chi connectivity index (χ2n) is 3.94. The number of rotatable bonds is 6. The summed E-state index contributed by atoms with van der Waals surface area (Å²) in [6.45, 7) is 5.30. The first kappa shape index (κ1) is 13.9. The summed E-state index contributed by atoms with van der Waals surface area (Å²) in [6.07, 6.45) is 6.27. The van der Waals surface area contributed by atoms with E-state index in [1.54, 1.807) is 6.07 Å². The molecule has 1 rings (SSSR count). The molecular weight excluding hydrogens is 234 g/mol. The Morgan fingerprint density at radius 1 is 1.53 bits per heavy atom. The summed E-state index contributed by atoms with van der Waals surface area (Å²) in [5.74, 6) is 3.25. The van der Waals surface area contributed by atoms with Crippen molar-refractivity contribution in [3.05, 3.63) is 28.8 Å². The molecule has 1 N–H and O–H groups in total. The second kappa shape index (κ2) is 7.21. The third-order valence-corrected chi connectivity index (χ3v) is 2.82. The molecule has 92 valence electrons. The Kier molecular flexibility index (Phi) is 5.90. The van der Waals surface area contributed by atoms with Crippen molar-refractivity contribution in [2.24, 2.45) is 0 Å². The van der Waals surface area contributed by atoms with E-state index in [2.05, 4.69) is 25.1 Å². The average molecular weight is 252 g/mol. The molecule has 1 aromatic carbocycles. The van der Waals surface area contributed by atoms with Gasteiger partial charge in [0.1, 0.15) is 12.4 Å². The van der Waals surface area contributed by atoms with Crippen molar-refractivity contribution in [3.8, 4) is 18.1 Å². The number of halogens is 1. The Hall–Kier alpha value is -1.17. The van der Waals surface area contributed by atoms with Gasteiger partial charge < -0.3 is 10.1 Å². The van der Waals surface area contributed by atoms with Crippen molar-refractivity contribution in [3.63, 3.8) is 0 Å². The van der Waals surface area contributed by atoms with Gasteiger partial charge in [0.15, 0.2) is 0 Å². The third kappa shape index (κ3) is 4.68. The monoisotopic (exact) mass is 251 g/mol. The first-order chi connectivity index (χ1) is 8.17. The maximum atomic E-state index is 5.98. The van der Waals surface area contributed by atoms with Crippen LogP contribution >= 0.6 is 11.6 Å². The molecule has 1 atom stereocenters. The number of terminal acetylenes is 1. The van der Waals surface area contributed by atoms with Crippen LogP contribution in [-0.4, -0.2) is 12.6 Å². The molecule has 0 spiro atoms. The van der Waals surface area contributed by atoms with Crippen LogP contribution in [0, 0.1) is 12.3 Å². The fourth-order valence-corrected chi connectivity index (χ4v) is 1.57. The lowest BCUT2D eigenvalue weighted by Gasteiger charge is -2.14. The van der Waals surface area contributed by atoms with Crippen LogP contribution in [0.5, 0.6) is 5.75 Å². The molecule has 0 unspecified atom stereocenters. The summed E-state index contributed by atoms with van der Waals surface area (Å²) in [6, 6.07) is 6.03. The molecule has 3 heteroatoms. The minimum absolute atomic E-state index is 0.276. The minimum Gasteiger partial charge on any atom is -0.481 e. The van der Waals surface area contributed by atoms with Crippen molar-refractivity contribution >= 4 is 11.6 Å². The summed E-state index contributed by atoms with van der Waals surface area (Å²) in [5.41, 5.74) is 1.04. The van der Waals surface area contributed by atoms with E-state index in [0.29, 0.717) is 11.1 Å². The fraction of sp³-hybridized carbons (Fsp3) is 0.429. The van der Waals surface area contributed by atoms with Crippen molar-refractivity contribution in [1.29, 1.82) is 0 Å². The summed E-state index contributed by atoms with van der Waals surface area (Å²) in [4.78, 5) is 0. The van der Waals surface area contributed by atoms with Gasteiger partial charge in [-0.1, -0.05) is 24.4 Å². The Bertz CT molecular complexity index is 398. The van der Waals surface area contributed by atoms with Crippen LogP contribution < -0.4 is 10.1 Å². The number of hydrogen-bond acceptors (Lipinski definition) is 2. The molecule has 2 nitrogen and oxygen atoms in total. The zero-order valence-corrected chi connectivity index (χ0v) is 11.1.